The number of hydrogen-bond acceptors (Lipinski definition) is 1. The summed E-state index contributed by atoms with van der Waals surface area (Å²) < 4.78 is 1.80. The molecule has 0 aromatic heterocycles. The molecule has 0 atom stereocenters. The largest absolute Gasteiger partial charge is 0.141 e. The van der Waals surface area contributed by atoms with Crippen molar-refractivity contribution in [3.05, 3.63) is 26.1 Å². The second-order valence-electron chi connectivity index (χ2n) is 1.72. The molecule has 1 aromatic carbocycles. The summed E-state index contributed by atoms with van der Waals surface area (Å²) in [5.41, 5.74) is 0. The fourth-order valence-corrected chi connectivity index (χ4v) is 2.33. The molecule has 0 unspecified atom stereocenters. The molecule has 0 aliphatic rings. The topological polar surface area (TPSA) is 0 Å². The maximum Gasteiger partial charge on any atom is 0.0429 e. The van der Waals surface area contributed by atoms with Gasteiger partial charge in [-0.3, -0.25) is 0 Å². The van der Waals surface area contributed by atoms with Crippen LogP contribution in [0.5, 0.6) is 0 Å². The van der Waals surface area contributed by atoms with Gasteiger partial charge in [-0.15, -0.1) is 12.6 Å². The maximum atomic E-state index is 5.73. The highest BCUT2D eigenvalue weighted by atomic mass is 79.9. The lowest BCUT2D eigenvalue weighted by Gasteiger charge is -1.99. The van der Waals surface area contributed by atoms with Gasteiger partial charge < -0.3 is 0 Å². The first-order valence-electron chi connectivity index (χ1n) is 2.45. The van der Waals surface area contributed by atoms with Crippen LogP contribution in [0.15, 0.2) is 26.0 Å². The zero-order valence-electron chi connectivity index (χ0n) is 4.74. The molecule has 0 saturated heterocycles. The molecule has 0 aliphatic heterocycles. The molecule has 0 N–H and O–H groups in total. The summed E-state index contributed by atoms with van der Waals surface area (Å²) in [6.07, 6.45) is 0. The second kappa shape index (κ2) is 3.48. The van der Waals surface area contributed by atoms with Crippen molar-refractivity contribution < 1.29 is 0 Å². The van der Waals surface area contributed by atoms with Gasteiger partial charge in [0.2, 0.25) is 0 Å². The van der Waals surface area contributed by atoms with Crippen LogP contribution < -0.4 is 0 Å². The summed E-state index contributed by atoms with van der Waals surface area (Å²) in [6.45, 7) is 0. The molecule has 0 nitrogen and oxygen atoms in total. The van der Waals surface area contributed by atoms with Crippen molar-refractivity contribution in [2.24, 2.45) is 0 Å². The molecular weight excluding hydrogens is 299 g/mol. The fraction of sp³-hybridized carbons (Fsp3) is 0. The van der Waals surface area contributed by atoms with E-state index in [0.29, 0.717) is 5.02 Å². The molecule has 1 rings (SSSR count). The Kier molecular flexibility index (Phi) is 3.10. The minimum atomic E-state index is 0.691. The van der Waals surface area contributed by atoms with Crippen LogP contribution in [0.1, 0.15) is 0 Å². The molecule has 0 amide bonds. The Morgan fingerprint density at radius 3 is 2.00 bits per heavy atom. The lowest BCUT2D eigenvalue weighted by molar-refractivity contribution is 1.37. The number of halogens is 3. The van der Waals surface area contributed by atoms with Gasteiger partial charge in [-0.2, -0.15) is 0 Å². The van der Waals surface area contributed by atoms with Crippen LogP contribution in [0.4, 0.5) is 0 Å². The Balaban J connectivity index is 3.31. The Hall–Kier alpha value is 0.820. The number of benzene rings is 1. The molecule has 0 bridgehead atoms. The van der Waals surface area contributed by atoms with E-state index in [0.717, 1.165) is 13.8 Å². The van der Waals surface area contributed by atoms with Crippen LogP contribution in [0, 0.1) is 0 Å². The summed E-state index contributed by atoms with van der Waals surface area (Å²) in [5.74, 6) is 0. The van der Waals surface area contributed by atoms with E-state index in [1.807, 2.05) is 0 Å². The van der Waals surface area contributed by atoms with Gasteiger partial charge >= 0.3 is 0 Å². The van der Waals surface area contributed by atoms with E-state index in [4.69, 9.17) is 11.6 Å². The van der Waals surface area contributed by atoms with Gasteiger partial charge in [0.1, 0.15) is 0 Å². The molecule has 0 saturated carbocycles. The molecule has 10 heavy (non-hydrogen) atoms. The highest BCUT2D eigenvalue weighted by Crippen LogP contribution is 2.31. The van der Waals surface area contributed by atoms with Crippen LogP contribution in [0.3, 0.4) is 0 Å². The van der Waals surface area contributed by atoms with Crippen molar-refractivity contribution in [1.82, 2.24) is 0 Å². The Labute approximate surface area is 86.6 Å². The highest BCUT2D eigenvalue weighted by molar-refractivity contribution is 9.11. The van der Waals surface area contributed by atoms with Crippen molar-refractivity contribution in [3.8, 4) is 0 Å². The monoisotopic (exact) mass is 300 g/mol. The van der Waals surface area contributed by atoms with Gasteiger partial charge in [0.05, 0.1) is 0 Å². The van der Waals surface area contributed by atoms with E-state index in [1.165, 1.54) is 0 Å². The normalized spacial score (nSPS) is 10.0. The smallest absolute Gasteiger partial charge is 0.0429 e. The molecule has 0 radical (unpaired) electrons. The third-order valence-electron chi connectivity index (χ3n) is 0.982. The Bertz CT molecular complexity index is 239. The van der Waals surface area contributed by atoms with Gasteiger partial charge in [-0.25, -0.2) is 0 Å². The van der Waals surface area contributed by atoms with Crippen molar-refractivity contribution >= 4 is 56.1 Å². The van der Waals surface area contributed by atoms with Crippen LogP contribution in [-0.2, 0) is 0 Å². The van der Waals surface area contributed by atoms with Crippen LogP contribution in [-0.4, -0.2) is 0 Å². The predicted molar refractivity (Wildman–Crippen MR) is 54.1 cm³/mol. The van der Waals surface area contributed by atoms with Crippen LogP contribution in [0.25, 0.3) is 0 Å². The zero-order chi connectivity index (χ0) is 7.72. The van der Waals surface area contributed by atoms with Gasteiger partial charge in [-0.1, -0.05) is 11.6 Å². The third-order valence-corrected chi connectivity index (χ3v) is 3.55. The first-order chi connectivity index (χ1) is 4.61. The number of rotatable bonds is 0. The van der Waals surface area contributed by atoms with E-state index < -0.39 is 0 Å². The minimum Gasteiger partial charge on any atom is -0.141 e. The van der Waals surface area contributed by atoms with E-state index >= 15 is 0 Å². The van der Waals surface area contributed by atoms with Crippen molar-refractivity contribution in [3.63, 3.8) is 0 Å². The Morgan fingerprint density at radius 2 is 1.60 bits per heavy atom. The lowest BCUT2D eigenvalue weighted by atomic mass is 10.4. The summed E-state index contributed by atoms with van der Waals surface area (Å²) in [6, 6.07) is 3.60. The molecule has 0 spiro atoms. The van der Waals surface area contributed by atoms with E-state index in [9.17, 15) is 0 Å². The minimum absolute atomic E-state index is 0.691. The summed E-state index contributed by atoms with van der Waals surface area (Å²) >= 11 is 16.5. The second-order valence-corrected chi connectivity index (χ2v) is 4.31. The molecule has 0 fully saturated rings. The quantitative estimate of drug-likeness (QED) is 0.684. The zero-order valence-corrected chi connectivity index (χ0v) is 9.56. The highest BCUT2D eigenvalue weighted by Gasteiger charge is 2.01. The lowest BCUT2D eigenvalue weighted by Crippen LogP contribution is -1.73. The van der Waals surface area contributed by atoms with Gasteiger partial charge in [0, 0.05) is 18.9 Å². The average Bonchev–Trinajstić information content (AvgIpc) is 1.82. The summed E-state index contributed by atoms with van der Waals surface area (Å²) in [5, 5.41) is 0.691. The molecule has 1 aromatic rings. The van der Waals surface area contributed by atoms with Gasteiger partial charge in [-0.05, 0) is 44.0 Å². The molecule has 0 aliphatic carbocycles. The first kappa shape index (κ1) is 8.91. The first-order valence-corrected chi connectivity index (χ1v) is 4.86. The van der Waals surface area contributed by atoms with Crippen molar-refractivity contribution in [2.45, 2.75) is 4.90 Å². The fourth-order valence-electron chi connectivity index (χ4n) is 0.535. The molecule has 54 valence electrons. The van der Waals surface area contributed by atoms with Crippen molar-refractivity contribution in [2.75, 3.05) is 0 Å². The Morgan fingerprint density at radius 1 is 1.20 bits per heavy atom. The average molecular weight is 302 g/mol. The maximum absolute atomic E-state index is 5.73. The summed E-state index contributed by atoms with van der Waals surface area (Å²) in [7, 11) is 0. The van der Waals surface area contributed by atoms with E-state index in [2.05, 4.69) is 44.5 Å². The summed E-state index contributed by atoms with van der Waals surface area (Å²) in [4.78, 5) is 0.865. The molecular formula is C6H3Br2ClS. The van der Waals surface area contributed by atoms with Crippen molar-refractivity contribution in [1.29, 1.82) is 0 Å². The van der Waals surface area contributed by atoms with Gasteiger partial charge in [0.15, 0.2) is 0 Å². The van der Waals surface area contributed by atoms with E-state index in [-0.39, 0.29) is 0 Å². The standard InChI is InChI=1S/C6H3Br2ClS/c7-4-1-3(9)2-5(8)6(4)10/h1-2,10H. The van der Waals surface area contributed by atoms with Crippen LogP contribution >= 0.6 is 56.1 Å². The number of hydrogen-bond donors (Lipinski definition) is 1. The van der Waals surface area contributed by atoms with E-state index in [1.54, 1.807) is 12.1 Å². The third kappa shape index (κ3) is 1.91. The molecule has 0 heterocycles. The van der Waals surface area contributed by atoms with Crippen LogP contribution in [0.2, 0.25) is 5.02 Å². The predicted octanol–water partition coefficient (Wildman–Crippen LogP) is 4.15. The SMILES string of the molecule is Sc1c(Br)cc(Cl)cc1Br. The molecule has 4 heteroatoms. The van der Waals surface area contributed by atoms with Gasteiger partial charge in [0.25, 0.3) is 0 Å². The number of thiol groups is 1.